The van der Waals surface area contributed by atoms with E-state index in [1.165, 1.54) is 6.07 Å². The molecule has 1 N–H and O–H groups in total. The van der Waals surface area contributed by atoms with Gasteiger partial charge < -0.3 is 15.0 Å². The number of pyridine rings is 1. The lowest BCUT2D eigenvalue weighted by Gasteiger charge is -2.33. The number of benzene rings is 1. The van der Waals surface area contributed by atoms with Gasteiger partial charge in [0.25, 0.3) is 5.91 Å². The lowest BCUT2D eigenvalue weighted by Crippen LogP contribution is -2.45. The first-order valence-corrected chi connectivity index (χ1v) is 11.3. The molecule has 1 aliphatic heterocycles. The van der Waals surface area contributed by atoms with Crippen molar-refractivity contribution in [2.24, 2.45) is 0 Å². The van der Waals surface area contributed by atoms with Crippen molar-refractivity contribution in [1.29, 1.82) is 0 Å². The van der Waals surface area contributed by atoms with Crippen molar-refractivity contribution in [3.05, 3.63) is 72.1 Å². The van der Waals surface area contributed by atoms with Crippen LogP contribution in [0.15, 0.2) is 54.9 Å². The molecule has 0 unspecified atom stereocenters. The first-order chi connectivity index (χ1) is 16.0. The summed E-state index contributed by atoms with van der Waals surface area (Å²) in [5, 5.41) is 3.21. The third kappa shape index (κ3) is 5.63. The van der Waals surface area contributed by atoms with Crippen molar-refractivity contribution in [1.82, 2.24) is 19.9 Å². The second-order valence-corrected chi connectivity index (χ2v) is 8.16. The van der Waals surface area contributed by atoms with Crippen LogP contribution in [0.25, 0.3) is 0 Å². The normalized spacial score (nSPS) is 15.2. The molecule has 1 atom stereocenters. The van der Waals surface area contributed by atoms with Gasteiger partial charge in [0.15, 0.2) is 17.7 Å². The zero-order valence-electron chi connectivity index (χ0n) is 18.9. The molecule has 8 heteroatoms. The molecule has 0 bridgehead atoms. The first-order valence-electron chi connectivity index (χ1n) is 11.3. The number of amides is 1. The van der Waals surface area contributed by atoms with Crippen LogP contribution in [0.4, 0.5) is 16.0 Å². The summed E-state index contributed by atoms with van der Waals surface area (Å²) < 4.78 is 19.6. The van der Waals surface area contributed by atoms with Crippen LogP contribution in [0.5, 0.6) is 5.75 Å². The molecule has 4 rings (SSSR count). The quantitative estimate of drug-likeness (QED) is 0.567. The van der Waals surface area contributed by atoms with Crippen LogP contribution in [0.2, 0.25) is 0 Å². The Bertz CT molecular complexity index is 1100. The first kappa shape index (κ1) is 22.6. The Labute approximate surface area is 193 Å². The highest BCUT2D eigenvalue weighted by Gasteiger charge is 2.30. The van der Waals surface area contributed by atoms with E-state index in [9.17, 15) is 9.18 Å². The van der Waals surface area contributed by atoms with Crippen molar-refractivity contribution in [3.8, 4) is 5.75 Å². The molecule has 1 aliphatic rings. The van der Waals surface area contributed by atoms with Crippen LogP contribution in [0, 0.1) is 12.7 Å². The summed E-state index contributed by atoms with van der Waals surface area (Å²) in [6.45, 7) is 5.00. The number of carbonyl (C=O) groups is 1. The minimum atomic E-state index is -0.701. The predicted molar refractivity (Wildman–Crippen MR) is 124 cm³/mol. The molecule has 172 valence electrons. The summed E-state index contributed by atoms with van der Waals surface area (Å²) in [7, 11) is 0. The molecule has 1 amide bonds. The number of likely N-dealkylation sites (tertiary alicyclic amines) is 1. The number of nitrogens with zero attached hydrogens (tertiary/aromatic N) is 4. The number of aryl methyl sites for hydroxylation is 1. The Balaban J connectivity index is 1.36. The van der Waals surface area contributed by atoms with Gasteiger partial charge in [0, 0.05) is 30.9 Å². The Morgan fingerprint density at radius 2 is 1.91 bits per heavy atom. The number of hydrogen-bond donors (Lipinski definition) is 1. The molecule has 2 aromatic heterocycles. The fourth-order valence-corrected chi connectivity index (χ4v) is 3.98. The van der Waals surface area contributed by atoms with Gasteiger partial charge in [-0.2, -0.15) is 0 Å². The Kier molecular flexibility index (Phi) is 7.12. The molecular weight excluding hydrogens is 421 g/mol. The predicted octanol–water partition coefficient (Wildman–Crippen LogP) is 4.63. The van der Waals surface area contributed by atoms with Crippen LogP contribution < -0.4 is 10.1 Å². The zero-order valence-corrected chi connectivity index (χ0v) is 18.9. The lowest BCUT2D eigenvalue weighted by molar-refractivity contribution is -0.140. The van der Waals surface area contributed by atoms with Crippen LogP contribution in [0.3, 0.4) is 0 Å². The number of aromatic nitrogens is 3. The Hall–Kier alpha value is -3.55. The second-order valence-electron chi connectivity index (χ2n) is 8.16. The van der Waals surface area contributed by atoms with Gasteiger partial charge in [0.05, 0.1) is 11.9 Å². The number of rotatable bonds is 7. The second kappa shape index (κ2) is 10.4. The largest absolute Gasteiger partial charge is 0.478 e. The standard InChI is InChI=1S/C25H28FN5O2/c1-3-21(33-22-9-5-4-8-19(22)26)25(32)31-13-11-18(12-14-31)20-15-27-16-24(29-20)30-23-10-6-7-17(2)28-23/h4-10,15-16,18,21H,3,11-14H2,1-2H3,(H,28,29,30)/t21-/m0/s1. The minimum Gasteiger partial charge on any atom is -0.478 e. The molecule has 1 aromatic carbocycles. The highest BCUT2D eigenvalue weighted by Crippen LogP contribution is 2.28. The lowest BCUT2D eigenvalue weighted by atomic mass is 9.93. The van der Waals surface area contributed by atoms with Crippen molar-refractivity contribution in [2.75, 3.05) is 18.4 Å². The van der Waals surface area contributed by atoms with E-state index in [-0.39, 0.29) is 17.6 Å². The van der Waals surface area contributed by atoms with Crippen molar-refractivity contribution >= 4 is 17.5 Å². The van der Waals surface area contributed by atoms with E-state index in [2.05, 4.69) is 15.3 Å². The summed E-state index contributed by atoms with van der Waals surface area (Å²) in [5.41, 5.74) is 1.82. The Morgan fingerprint density at radius 3 is 2.64 bits per heavy atom. The van der Waals surface area contributed by atoms with E-state index in [0.717, 1.165) is 30.0 Å². The number of halogens is 1. The maximum absolute atomic E-state index is 13.9. The summed E-state index contributed by atoms with van der Waals surface area (Å²) in [4.78, 5) is 28.3. The minimum absolute atomic E-state index is 0.105. The molecule has 3 aromatic rings. The van der Waals surface area contributed by atoms with E-state index in [1.54, 1.807) is 35.5 Å². The average molecular weight is 450 g/mol. The van der Waals surface area contributed by atoms with Crippen molar-refractivity contribution in [3.63, 3.8) is 0 Å². The van der Waals surface area contributed by atoms with E-state index in [1.807, 2.05) is 32.0 Å². The van der Waals surface area contributed by atoms with Gasteiger partial charge in [-0.1, -0.05) is 25.1 Å². The van der Waals surface area contributed by atoms with Crippen LogP contribution in [-0.2, 0) is 4.79 Å². The van der Waals surface area contributed by atoms with E-state index >= 15 is 0 Å². The highest BCUT2D eigenvalue weighted by atomic mass is 19.1. The number of ether oxygens (including phenoxy) is 1. The fourth-order valence-electron chi connectivity index (χ4n) is 3.98. The molecule has 1 fully saturated rings. The van der Waals surface area contributed by atoms with Crippen molar-refractivity contribution in [2.45, 2.75) is 45.1 Å². The van der Waals surface area contributed by atoms with Gasteiger partial charge in [-0.25, -0.2) is 14.4 Å². The van der Waals surface area contributed by atoms with Crippen LogP contribution in [-0.4, -0.2) is 45.0 Å². The van der Waals surface area contributed by atoms with Gasteiger partial charge in [-0.05, 0) is 50.5 Å². The highest BCUT2D eigenvalue weighted by molar-refractivity contribution is 5.81. The third-order valence-electron chi connectivity index (χ3n) is 5.77. The van der Waals surface area contributed by atoms with E-state index in [4.69, 9.17) is 9.72 Å². The number of piperidine rings is 1. The SMILES string of the molecule is CC[C@H](Oc1ccccc1F)C(=O)N1CCC(c2cncc(Nc3cccc(C)n3)n2)CC1. The van der Waals surface area contributed by atoms with Gasteiger partial charge in [0.1, 0.15) is 11.6 Å². The monoisotopic (exact) mass is 449 g/mol. The molecule has 0 radical (unpaired) electrons. The maximum Gasteiger partial charge on any atom is 0.263 e. The number of anilines is 2. The summed E-state index contributed by atoms with van der Waals surface area (Å²) in [5.74, 6) is 1.12. The molecule has 0 spiro atoms. The fraction of sp³-hybridized carbons (Fsp3) is 0.360. The molecular formula is C25H28FN5O2. The maximum atomic E-state index is 13.9. The van der Waals surface area contributed by atoms with Gasteiger partial charge in [0.2, 0.25) is 0 Å². The van der Waals surface area contributed by atoms with Crippen molar-refractivity contribution < 1.29 is 13.9 Å². The van der Waals surface area contributed by atoms with Crippen LogP contribution in [0.1, 0.15) is 43.5 Å². The molecule has 0 saturated carbocycles. The number of hydrogen-bond acceptors (Lipinski definition) is 6. The molecule has 7 nitrogen and oxygen atoms in total. The average Bonchev–Trinajstić information content (AvgIpc) is 2.83. The topological polar surface area (TPSA) is 80.2 Å². The summed E-state index contributed by atoms with van der Waals surface area (Å²) in [6.07, 6.45) is 4.79. The Morgan fingerprint density at radius 1 is 1.12 bits per heavy atom. The smallest absolute Gasteiger partial charge is 0.263 e. The van der Waals surface area contributed by atoms with Gasteiger partial charge in [-0.15, -0.1) is 0 Å². The van der Waals surface area contributed by atoms with Gasteiger partial charge in [-0.3, -0.25) is 9.78 Å². The van der Waals surface area contributed by atoms with E-state index in [0.29, 0.717) is 25.3 Å². The third-order valence-corrected chi connectivity index (χ3v) is 5.77. The summed E-state index contributed by atoms with van der Waals surface area (Å²) in [6, 6.07) is 11.9. The van der Waals surface area contributed by atoms with Gasteiger partial charge >= 0.3 is 0 Å². The number of para-hydroxylation sites is 1. The molecule has 1 saturated heterocycles. The molecule has 3 heterocycles. The molecule has 0 aliphatic carbocycles. The number of carbonyl (C=O) groups excluding carboxylic acids is 1. The molecule has 33 heavy (non-hydrogen) atoms. The number of nitrogens with one attached hydrogen (secondary N) is 1. The van der Waals surface area contributed by atoms with E-state index < -0.39 is 11.9 Å². The zero-order chi connectivity index (χ0) is 23.2. The summed E-state index contributed by atoms with van der Waals surface area (Å²) >= 11 is 0. The van der Waals surface area contributed by atoms with Crippen LogP contribution >= 0.6 is 0 Å².